The Hall–Kier alpha value is -2.25. The standard InChI is InChI=1S/C14H15N3O4/c18-11-8-17(20-9-11)13(19)7-6-12-15-14(16-21-12)10-4-2-1-3-5-10/h1-5,11,18H,6-9H2. The number of hydrogen-bond acceptors (Lipinski definition) is 6. The fourth-order valence-corrected chi connectivity index (χ4v) is 2.05. The van der Waals surface area contributed by atoms with Crippen LogP contribution in [0.4, 0.5) is 0 Å². The topological polar surface area (TPSA) is 88.7 Å². The highest BCUT2D eigenvalue weighted by Crippen LogP contribution is 2.16. The van der Waals surface area contributed by atoms with Crippen LogP contribution in [-0.4, -0.2) is 45.5 Å². The van der Waals surface area contributed by atoms with E-state index in [2.05, 4.69) is 10.1 Å². The van der Waals surface area contributed by atoms with Crippen LogP contribution < -0.4 is 0 Å². The van der Waals surface area contributed by atoms with Gasteiger partial charge in [-0.15, -0.1) is 0 Å². The van der Waals surface area contributed by atoms with Gasteiger partial charge >= 0.3 is 0 Å². The van der Waals surface area contributed by atoms with Gasteiger partial charge in [-0.1, -0.05) is 35.5 Å². The summed E-state index contributed by atoms with van der Waals surface area (Å²) >= 11 is 0. The van der Waals surface area contributed by atoms with Gasteiger partial charge in [0.05, 0.1) is 12.6 Å². The second kappa shape index (κ2) is 6.02. The number of amides is 1. The van der Waals surface area contributed by atoms with Gasteiger partial charge in [-0.2, -0.15) is 4.98 Å². The summed E-state index contributed by atoms with van der Waals surface area (Å²) in [6.45, 7) is 0.363. The number of aliphatic hydroxyl groups excluding tert-OH is 1. The highest BCUT2D eigenvalue weighted by atomic mass is 16.7. The van der Waals surface area contributed by atoms with E-state index in [9.17, 15) is 9.90 Å². The first-order chi connectivity index (χ1) is 10.2. The largest absolute Gasteiger partial charge is 0.389 e. The first-order valence-electron chi connectivity index (χ1n) is 6.72. The molecule has 1 fully saturated rings. The van der Waals surface area contributed by atoms with Crippen molar-refractivity contribution in [2.24, 2.45) is 0 Å². The molecule has 1 aromatic heterocycles. The molecule has 3 rings (SSSR count). The fourth-order valence-electron chi connectivity index (χ4n) is 2.05. The van der Waals surface area contributed by atoms with E-state index in [0.29, 0.717) is 18.1 Å². The fraction of sp³-hybridized carbons (Fsp3) is 0.357. The average molecular weight is 289 g/mol. The number of benzene rings is 1. The lowest BCUT2D eigenvalue weighted by Crippen LogP contribution is -2.28. The number of nitrogens with zero attached hydrogens (tertiary/aromatic N) is 3. The Labute approximate surface area is 121 Å². The lowest BCUT2D eigenvalue weighted by atomic mass is 10.2. The van der Waals surface area contributed by atoms with E-state index in [4.69, 9.17) is 9.36 Å². The van der Waals surface area contributed by atoms with Gasteiger partial charge < -0.3 is 9.63 Å². The number of aromatic nitrogens is 2. The van der Waals surface area contributed by atoms with Crippen LogP contribution >= 0.6 is 0 Å². The minimum absolute atomic E-state index is 0.157. The third-order valence-electron chi connectivity index (χ3n) is 3.13. The van der Waals surface area contributed by atoms with Crippen molar-refractivity contribution in [3.63, 3.8) is 0 Å². The summed E-state index contributed by atoms with van der Waals surface area (Å²) in [6.07, 6.45) is -0.0698. The summed E-state index contributed by atoms with van der Waals surface area (Å²) in [5, 5.41) is 14.4. The summed E-state index contributed by atoms with van der Waals surface area (Å²) < 4.78 is 5.13. The number of aliphatic hydroxyl groups is 1. The monoisotopic (exact) mass is 289 g/mol. The van der Waals surface area contributed by atoms with Crippen LogP contribution in [0.5, 0.6) is 0 Å². The van der Waals surface area contributed by atoms with Crippen LogP contribution in [0.3, 0.4) is 0 Å². The van der Waals surface area contributed by atoms with Crippen molar-refractivity contribution in [2.75, 3.05) is 13.2 Å². The van der Waals surface area contributed by atoms with Gasteiger partial charge in [-0.3, -0.25) is 9.63 Å². The Morgan fingerprint density at radius 2 is 2.19 bits per heavy atom. The molecule has 0 aliphatic carbocycles. The molecule has 0 spiro atoms. The molecule has 1 atom stereocenters. The van der Waals surface area contributed by atoms with Gasteiger partial charge in [0.2, 0.25) is 17.6 Å². The summed E-state index contributed by atoms with van der Waals surface area (Å²) in [5.74, 6) is 0.707. The molecule has 0 bridgehead atoms. The Bertz CT molecular complexity index is 614. The van der Waals surface area contributed by atoms with Gasteiger partial charge in [0, 0.05) is 18.4 Å². The third-order valence-corrected chi connectivity index (χ3v) is 3.13. The van der Waals surface area contributed by atoms with Gasteiger partial charge in [-0.05, 0) is 0 Å². The number of carbonyl (C=O) groups is 1. The van der Waals surface area contributed by atoms with E-state index < -0.39 is 6.10 Å². The maximum absolute atomic E-state index is 11.8. The zero-order chi connectivity index (χ0) is 14.7. The molecular weight excluding hydrogens is 274 g/mol. The van der Waals surface area contributed by atoms with Crippen molar-refractivity contribution in [1.29, 1.82) is 0 Å². The smallest absolute Gasteiger partial charge is 0.246 e. The Kier molecular flexibility index (Phi) is 3.94. The molecule has 21 heavy (non-hydrogen) atoms. The first-order valence-corrected chi connectivity index (χ1v) is 6.72. The van der Waals surface area contributed by atoms with Crippen molar-refractivity contribution in [2.45, 2.75) is 18.9 Å². The minimum atomic E-state index is -0.609. The van der Waals surface area contributed by atoms with E-state index in [1.54, 1.807) is 0 Å². The predicted octanol–water partition coefficient (Wildman–Crippen LogP) is 0.804. The molecule has 1 unspecified atom stereocenters. The van der Waals surface area contributed by atoms with E-state index >= 15 is 0 Å². The molecule has 0 radical (unpaired) electrons. The van der Waals surface area contributed by atoms with E-state index in [1.165, 1.54) is 5.06 Å². The van der Waals surface area contributed by atoms with Crippen LogP contribution in [-0.2, 0) is 16.1 Å². The molecule has 7 heteroatoms. The van der Waals surface area contributed by atoms with Crippen molar-refractivity contribution in [1.82, 2.24) is 15.2 Å². The van der Waals surface area contributed by atoms with Gasteiger partial charge in [0.15, 0.2) is 0 Å². The molecule has 1 N–H and O–H groups in total. The molecule has 2 heterocycles. The van der Waals surface area contributed by atoms with Crippen LogP contribution in [0.25, 0.3) is 11.4 Å². The van der Waals surface area contributed by atoms with Gasteiger partial charge in [0.25, 0.3) is 0 Å². The SMILES string of the molecule is O=C(CCc1nc(-c2ccccc2)no1)N1CC(O)CO1. The van der Waals surface area contributed by atoms with Crippen LogP contribution in [0.2, 0.25) is 0 Å². The highest BCUT2D eigenvalue weighted by Gasteiger charge is 2.26. The highest BCUT2D eigenvalue weighted by molar-refractivity contribution is 5.75. The van der Waals surface area contributed by atoms with Crippen molar-refractivity contribution >= 4 is 5.91 Å². The predicted molar refractivity (Wildman–Crippen MR) is 71.7 cm³/mol. The zero-order valence-corrected chi connectivity index (χ0v) is 11.3. The third kappa shape index (κ3) is 3.26. The van der Waals surface area contributed by atoms with Crippen molar-refractivity contribution in [3.8, 4) is 11.4 Å². The molecular formula is C14H15N3O4. The van der Waals surface area contributed by atoms with E-state index in [-0.39, 0.29) is 25.5 Å². The molecule has 1 aliphatic heterocycles. The molecule has 1 aliphatic rings. The number of carbonyl (C=O) groups excluding carboxylic acids is 1. The lowest BCUT2D eigenvalue weighted by Gasteiger charge is -2.12. The Morgan fingerprint density at radius 3 is 2.90 bits per heavy atom. The van der Waals surface area contributed by atoms with Gasteiger partial charge in [0.1, 0.15) is 6.61 Å². The normalized spacial score (nSPS) is 18.1. The molecule has 1 aromatic carbocycles. The first kappa shape index (κ1) is 13.7. The Morgan fingerprint density at radius 1 is 1.38 bits per heavy atom. The maximum Gasteiger partial charge on any atom is 0.246 e. The van der Waals surface area contributed by atoms with Crippen LogP contribution in [0.15, 0.2) is 34.9 Å². The minimum Gasteiger partial charge on any atom is -0.389 e. The number of hydroxylamine groups is 2. The number of hydrogen-bond donors (Lipinski definition) is 1. The summed E-state index contributed by atoms with van der Waals surface area (Å²) in [5.41, 5.74) is 0.866. The van der Waals surface area contributed by atoms with E-state index in [1.807, 2.05) is 30.3 Å². The summed E-state index contributed by atoms with van der Waals surface area (Å²) in [6, 6.07) is 9.47. The van der Waals surface area contributed by atoms with Gasteiger partial charge in [-0.25, -0.2) is 5.06 Å². The van der Waals surface area contributed by atoms with Crippen molar-refractivity contribution < 1.29 is 19.3 Å². The number of β-amino-alcohol motifs (C(OH)–C–C–N with tert-alkyl or cyclic N) is 1. The lowest BCUT2D eigenvalue weighted by molar-refractivity contribution is -0.168. The summed E-state index contributed by atoms with van der Waals surface area (Å²) in [7, 11) is 0. The van der Waals surface area contributed by atoms with E-state index in [0.717, 1.165) is 5.56 Å². The molecule has 1 amide bonds. The summed E-state index contributed by atoms with van der Waals surface area (Å²) in [4.78, 5) is 21.2. The van der Waals surface area contributed by atoms with Crippen molar-refractivity contribution in [3.05, 3.63) is 36.2 Å². The second-order valence-corrected chi connectivity index (χ2v) is 4.78. The Balaban J connectivity index is 1.57. The van der Waals surface area contributed by atoms with Crippen LogP contribution in [0.1, 0.15) is 12.3 Å². The molecule has 7 nitrogen and oxygen atoms in total. The molecule has 110 valence electrons. The quantitative estimate of drug-likeness (QED) is 0.895. The average Bonchev–Trinajstić information content (AvgIpc) is 3.15. The number of rotatable bonds is 4. The number of aryl methyl sites for hydroxylation is 1. The molecule has 2 aromatic rings. The molecule has 0 saturated carbocycles. The molecule has 1 saturated heterocycles. The zero-order valence-electron chi connectivity index (χ0n) is 11.3. The maximum atomic E-state index is 11.8. The van der Waals surface area contributed by atoms with Crippen LogP contribution in [0, 0.1) is 0 Å². The second-order valence-electron chi connectivity index (χ2n) is 4.78.